The smallest absolute Gasteiger partial charge is 0.248 e. The van der Waals surface area contributed by atoms with Gasteiger partial charge in [0.1, 0.15) is 12.4 Å². The highest BCUT2D eigenvalue weighted by molar-refractivity contribution is 5.77. The van der Waals surface area contributed by atoms with Gasteiger partial charge < -0.3 is 19.5 Å². The molecule has 6 nitrogen and oxygen atoms in total. The summed E-state index contributed by atoms with van der Waals surface area (Å²) in [6.07, 6.45) is 2.88. The van der Waals surface area contributed by atoms with Crippen molar-refractivity contribution >= 4 is 5.91 Å². The molecule has 0 bridgehead atoms. The van der Waals surface area contributed by atoms with Crippen LogP contribution >= 0.6 is 0 Å². The van der Waals surface area contributed by atoms with E-state index < -0.39 is 0 Å². The fourth-order valence-electron chi connectivity index (χ4n) is 3.72. The SMILES string of the molecule is COc1ccc(COCC(=O)N2CCN(C3CCCC3O)CC2)cc1. The highest BCUT2D eigenvalue weighted by atomic mass is 16.5. The van der Waals surface area contributed by atoms with Crippen LogP contribution in [0.5, 0.6) is 5.75 Å². The number of nitrogens with zero attached hydrogens (tertiary/aromatic N) is 2. The fraction of sp³-hybridized carbons (Fsp3) is 0.632. The lowest BCUT2D eigenvalue weighted by atomic mass is 10.1. The second kappa shape index (κ2) is 8.65. The van der Waals surface area contributed by atoms with Gasteiger partial charge >= 0.3 is 0 Å². The molecule has 6 heteroatoms. The largest absolute Gasteiger partial charge is 0.497 e. The van der Waals surface area contributed by atoms with Crippen molar-refractivity contribution in [3.8, 4) is 5.75 Å². The van der Waals surface area contributed by atoms with Gasteiger partial charge in [-0.2, -0.15) is 0 Å². The molecule has 1 amide bonds. The zero-order chi connectivity index (χ0) is 17.6. The van der Waals surface area contributed by atoms with Gasteiger partial charge in [0.05, 0.1) is 19.8 Å². The minimum Gasteiger partial charge on any atom is -0.497 e. The molecule has 3 rings (SSSR count). The maximum absolute atomic E-state index is 12.3. The lowest BCUT2D eigenvalue weighted by molar-refractivity contribution is -0.138. The number of rotatable bonds is 6. The molecule has 0 spiro atoms. The molecule has 1 aliphatic carbocycles. The molecule has 1 aromatic carbocycles. The van der Waals surface area contributed by atoms with E-state index in [4.69, 9.17) is 9.47 Å². The minimum atomic E-state index is -0.199. The molecule has 2 aliphatic rings. The first-order chi connectivity index (χ1) is 12.2. The standard InChI is InChI=1S/C19H28N2O4/c1-24-16-7-5-15(6-8-16)13-25-14-19(23)21-11-9-20(10-12-21)17-3-2-4-18(17)22/h5-8,17-18,22H,2-4,9-14H2,1H3. The topological polar surface area (TPSA) is 62.2 Å². The van der Waals surface area contributed by atoms with Crippen LogP contribution in [0.25, 0.3) is 0 Å². The Morgan fingerprint density at radius 3 is 2.48 bits per heavy atom. The van der Waals surface area contributed by atoms with E-state index in [9.17, 15) is 9.90 Å². The summed E-state index contributed by atoms with van der Waals surface area (Å²) in [7, 11) is 1.64. The quantitative estimate of drug-likeness (QED) is 0.839. The van der Waals surface area contributed by atoms with Crippen molar-refractivity contribution < 1.29 is 19.4 Å². The predicted octanol–water partition coefficient (Wildman–Crippen LogP) is 1.27. The Labute approximate surface area is 149 Å². The first kappa shape index (κ1) is 18.2. The van der Waals surface area contributed by atoms with Gasteiger partial charge in [-0.25, -0.2) is 0 Å². The summed E-state index contributed by atoms with van der Waals surface area (Å²) >= 11 is 0. The Kier molecular flexibility index (Phi) is 6.29. The highest BCUT2D eigenvalue weighted by Crippen LogP contribution is 2.25. The van der Waals surface area contributed by atoms with E-state index >= 15 is 0 Å². The van der Waals surface area contributed by atoms with Crippen LogP contribution in [-0.2, 0) is 16.1 Å². The monoisotopic (exact) mass is 348 g/mol. The minimum absolute atomic E-state index is 0.0418. The van der Waals surface area contributed by atoms with Gasteiger partial charge in [-0.15, -0.1) is 0 Å². The van der Waals surface area contributed by atoms with Gasteiger partial charge in [-0.05, 0) is 37.0 Å². The zero-order valence-electron chi connectivity index (χ0n) is 14.9. The number of amides is 1. The van der Waals surface area contributed by atoms with Crippen molar-refractivity contribution in [3.63, 3.8) is 0 Å². The molecule has 138 valence electrons. The van der Waals surface area contributed by atoms with E-state index in [1.807, 2.05) is 29.2 Å². The highest BCUT2D eigenvalue weighted by Gasteiger charge is 2.33. The molecule has 0 aromatic heterocycles. The molecule has 1 aromatic rings. The lowest BCUT2D eigenvalue weighted by Crippen LogP contribution is -2.54. The van der Waals surface area contributed by atoms with E-state index in [1.165, 1.54) is 0 Å². The van der Waals surface area contributed by atoms with Crippen LogP contribution in [0.3, 0.4) is 0 Å². The molecule has 0 radical (unpaired) electrons. The molecule has 1 aliphatic heterocycles. The second-order valence-electron chi connectivity index (χ2n) is 6.82. The van der Waals surface area contributed by atoms with Crippen LogP contribution in [-0.4, -0.2) is 72.9 Å². The molecule has 1 saturated carbocycles. The van der Waals surface area contributed by atoms with E-state index in [1.54, 1.807) is 7.11 Å². The molecule has 25 heavy (non-hydrogen) atoms. The van der Waals surface area contributed by atoms with Crippen molar-refractivity contribution in [2.24, 2.45) is 0 Å². The van der Waals surface area contributed by atoms with E-state index in [-0.39, 0.29) is 24.7 Å². The number of ether oxygens (including phenoxy) is 2. The molecular formula is C19H28N2O4. The summed E-state index contributed by atoms with van der Waals surface area (Å²) in [5, 5.41) is 10.0. The van der Waals surface area contributed by atoms with Gasteiger partial charge in [0.15, 0.2) is 0 Å². The van der Waals surface area contributed by atoms with Crippen molar-refractivity contribution in [1.29, 1.82) is 0 Å². The third-order valence-corrected chi connectivity index (χ3v) is 5.23. The number of aliphatic hydroxyl groups excluding tert-OH is 1. The first-order valence-electron chi connectivity index (χ1n) is 9.08. The van der Waals surface area contributed by atoms with E-state index in [2.05, 4.69) is 4.90 Å². The third-order valence-electron chi connectivity index (χ3n) is 5.23. The number of aliphatic hydroxyl groups is 1. The van der Waals surface area contributed by atoms with Gasteiger partial charge in [0.2, 0.25) is 5.91 Å². The third kappa shape index (κ3) is 4.71. The summed E-state index contributed by atoms with van der Waals surface area (Å²) in [6.45, 7) is 3.64. The number of methoxy groups -OCH3 is 1. The maximum atomic E-state index is 12.3. The van der Waals surface area contributed by atoms with E-state index in [0.717, 1.165) is 43.7 Å². The molecule has 2 unspecified atom stereocenters. The molecule has 1 saturated heterocycles. The summed E-state index contributed by atoms with van der Waals surface area (Å²) in [5.74, 6) is 0.852. The van der Waals surface area contributed by atoms with Crippen LogP contribution in [0.4, 0.5) is 0 Å². The summed E-state index contributed by atoms with van der Waals surface area (Å²) < 4.78 is 10.7. The Bertz CT molecular complexity index is 555. The van der Waals surface area contributed by atoms with Crippen molar-refractivity contribution in [2.45, 2.75) is 38.0 Å². The van der Waals surface area contributed by atoms with Gasteiger partial charge in [-0.3, -0.25) is 9.69 Å². The average molecular weight is 348 g/mol. The Balaban J connectivity index is 1.37. The molecule has 1 heterocycles. The number of benzene rings is 1. The van der Waals surface area contributed by atoms with Crippen molar-refractivity contribution in [3.05, 3.63) is 29.8 Å². The fourth-order valence-corrected chi connectivity index (χ4v) is 3.72. The van der Waals surface area contributed by atoms with Crippen molar-refractivity contribution in [2.75, 3.05) is 39.9 Å². The lowest BCUT2D eigenvalue weighted by Gasteiger charge is -2.39. The zero-order valence-corrected chi connectivity index (χ0v) is 14.9. The number of hydrogen-bond acceptors (Lipinski definition) is 5. The Morgan fingerprint density at radius 1 is 1.16 bits per heavy atom. The maximum Gasteiger partial charge on any atom is 0.248 e. The Morgan fingerprint density at radius 2 is 1.88 bits per heavy atom. The van der Waals surface area contributed by atoms with E-state index in [0.29, 0.717) is 19.7 Å². The van der Waals surface area contributed by atoms with Gasteiger partial charge in [-0.1, -0.05) is 12.1 Å². The number of carbonyl (C=O) groups excluding carboxylic acids is 1. The van der Waals surface area contributed by atoms with Gasteiger partial charge in [0.25, 0.3) is 0 Å². The van der Waals surface area contributed by atoms with Crippen LogP contribution in [0.15, 0.2) is 24.3 Å². The second-order valence-corrected chi connectivity index (χ2v) is 6.82. The van der Waals surface area contributed by atoms with Crippen LogP contribution in [0.1, 0.15) is 24.8 Å². The summed E-state index contributed by atoms with van der Waals surface area (Å²) in [4.78, 5) is 16.5. The Hall–Kier alpha value is -1.63. The number of hydrogen-bond donors (Lipinski definition) is 1. The van der Waals surface area contributed by atoms with Crippen molar-refractivity contribution in [1.82, 2.24) is 9.80 Å². The normalized spacial score (nSPS) is 24.5. The molecule has 1 N–H and O–H groups in total. The predicted molar refractivity (Wildman–Crippen MR) is 94.4 cm³/mol. The summed E-state index contributed by atoms with van der Waals surface area (Å²) in [6, 6.07) is 7.93. The van der Waals surface area contributed by atoms with Crippen LogP contribution in [0.2, 0.25) is 0 Å². The number of carbonyl (C=O) groups is 1. The number of piperazine rings is 1. The molecule has 2 fully saturated rings. The molecular weight excluding hydrogens is 320 g/mol. The van der Waals surface area contributed by atoms with Gasteiger partial charge in [0, 0.05) is 32.2 Å². The average Bonchev–Trinajstić information content (AvgIpc) is 3.08. The summed E-state index contributed by atoms with van der Waals surface area (Å²) in [5.41, 5.74) is 1.02. The molecule has 2 atom stereocenters. The van der Waals surface area contributed by atoms with Crippen LogP contribution < -0.4 is 4.74 Å². The first-order valence-corrected chi connectivity index (χ1v) is 9.08. The van der Waals surface area contributed by atoms with Crippen LogP contribution in [0, 0.1) is 0 Å².